The number of rotatable bonds is 3. The van der Waals surface area contributed by atoms with E-state index in [2.05, 4.69) is 24.2 Å². The van der Waals surface area contributed by atoms with Crippen molar-refractivity contribution in [1.82, 2.24) is 15.1 Å². The molecule has 0 fully saturated rings. The van der Waals surface area contributed by atoms with Gasteiger partial charge in [0.25, 0.3) is 0 Å². The highest BCUT2D eigenvalue weighted by atomic mass is 15.3. The molecule has 0 heterocycles. The molecule has 84 valence electrons. The van der Waals surface area contributed by atoms with Crippen LogP contribution in [-0.4, -0.2) is 63.1 Å². The molecule has 0 aliphatic heterocycles. The third kappa shape index (κ3) is 4.46. The molecule has 1 N–H and O–H groups in total. The highest BCUT2D eigenvalue weighted by Gasteiger charge is 2.14. The van der Waals surface area contributed by atoms with Crippen molar-refractivity contribution in [2.24, 2.45) is 4.99 Å². The summed E-state index contributed by atoms with van der Waals surface area (Å²) in [4.78, 5) is 8.61. The van der Waals surface area contributed by atoms with Gasteiger partial charge in [-0.15, -0.1) is 0 Å². The standard InChI is InChI=1S/C10H24N4/c1-10(2,11-3)8-12-9(13(4)5)14(6)7/h11H,8H2,1-7H3. The topological polar surface area (TPSA) is 30.9 Å². The molecule has 0 atom stereocenters. The van der Waals surface area contributed by atoms with Gasteiger partial charge < -0.3 is 15.1 Å². The van der Waals surface area contributed by atoms with Gasteiger partial charge in [0.15, 0.2) is 5.96 Å². The number of nitrogens with one attached hydrogen (secondary N) is 1. The molecule has 0 aromatic heterocycles. The van der Waals surface area contributed by atoms with Crippen LogP contribution in [0, 0.1) is 0 Å². The predicted octanol–water partition coefficient (Wildman–Crippen LogP) is 0.464. The van der Waals surface area contributed by atoms with Crippen molar-refractivity contribution >= 4 is 5.96 Å². The van der Waals surface area contributed by atoms with Crippen LogP contribution in [-0.2, 0) is 0 Å². The number of nitrogens with zero attached hydrogens (tertiary/aromatic N) is 3. The van der Waals surface area contributed by atoms with Crippen LogP contribution >= 0.6 is 0 Å². The second-order valence-corrected chi connectivity index (χ2v) is 4.54. The highest BCUT2D eigenvalue weighted by Crippen LogP contribution is 2.02. The minimum atomic E-state index is 0.0528. The molecule has 0 aromatic carbocycles. The summed E-state index contributed by atoms with van der Waals surface area (Å²) in [7, 11) is 9.98. The third-order valence-electron chi connectivity index (χ3n) is 2.09. The predicted molar refractivity (Wildman–Crippen MR) is 62.8 cm³/mol. The van der Waals surface area contributed by atoms with Gasteiger partial charge in [0.2, 0.25) is 0 Å². The van der Waals surface area contributed by atoms with Crippen LogP contribution in [0.1, 0.15) is 13.8 Å². The summed E-state index contributed by atoms with van der Waals surface area (Å²) in [6.45, 7) is 5.05. The van der Waals surface area contributed by atoms with E-state index in [0.29, 0.717) is 0 Å². The number of likely N-dealkylation sites (N-methyl/N-ethyl adjacent to an activating group) is 1. The first kappa shape index (κ1) is 13.2. The molecular formula is C10H24N4. The fraction of sp³-hybridized carbons (Fsp3) is 0.900. The second kappa shape index (κ2) is 5.20. The van der Waals surface area contributed by atoms with Gasteiger partial charge in [-0.3, -0.25) is 4.99 Å². The first-order chi connectivity index (χ1) is 6.30. The van der Waals surface area contributed by atoms with Gasteiger partial charge >= 0.3 is 0 Å². The van der Waals surface area contributed by atoms with E-state index in [-0.39, 0.29) is 5.54 Å². The highest BCUT2D eigenvalue weighted by molar-refractivity contribution is 5.79. The maximum absolute atomic E-state index is 4.57. The normalized spacial score (nSPS) is 11.1. The van der Waals surface area contributed by atoms with Crippen LogP contribution in [0.25, 0.3) is 0 Å². The molecule has 0 saturated carbocycles. The summed E-state index contributed by atoms with van der Waals surface area (Å²) in [5, 5.41) is 3.23. The smallest absolute Gasteiger partial charge is 0.195 e. The lowest BCUT2D eigenvalue weighted by Gasteiger charge is -2.26. The average Bonchev–Trinajstić information content (AvgIpc) is 2.03. The molecule has 0 aromatic rings. The second-order valence-electron chi connectivity index (χ2n) is 4.54. The molecule has 0 radical (unpaired) electrons. The van der Waals surface area contributed by atoms with Gasteiger partial charge in [0, 0.05) is 33.7 Å². The van der Waals surface area contributed by atoms with Crippen molar-refractivity contribution in [3.63, 3.8) is 0 Å². The summed E-state index contributed by atoms with van der Waals surface area (Å²) in [5.41, 5.74) is 0.0528. The Kier molecular flexibility index (Phi) is 4.91. The van der Waals surface area contributed by atoms with Gasteiger partial charge in [-0.05, 0) is 20.9 Å². The lowest BCUT2D eigenvalue weighted by atomic mass is 10.1. The van der Waals surface area contributed by atoms with Crippen LogP contribution in [0.2, 0.25) is 0 Å². The third-order valence-corrected chi connectivity index (χ3v) is 2.09. The number of guanidine groups is 1. The zero-order chi connectivity index (χ0) is 11.4. The Morgan fingerprint density at radius 2 is 1.57 bits per heavy atom. The zero-order valence-electron chi connectivity index (χ0n) is 10.5. The average molecular weight is 200 g/mol. The zero-order valence-corrected chi connectivity index (χ0v) is 10.5. The summed E-state index contributed by atoms with van der Waals surface area (Å²) in [5.74, 6) is 0.994. The maximum Gasteiger partial charge on any atom is 0.195 e. The van der Waals surface area contributed by atoms with Gasteiger partial charge in [-0.1, -0.05) is 0 Å². The molecule has 14 heavy (non-hydrogen) atoms. The van der Waals surface area contributed by atoms with Crippen molar-refractivity contribution in [3.8, 4) is 0 Å². The Bertz CT molecular complexity index is 184. The number of aliphatic imine (C=N–C) groups is 1. The minimum absolute atomic E-state index is 0.0528. The maximum atomic E-state index is 4.57. The van der Waals surface area contributed by atoms with E-state index in [1.807, 2.05) is 45.0 Å². The van der Waals surface area contributed by atoms with E-state index < -0.39 is 0 Å². The molecule has 0 amide bonds. The molecule has 0 aliphatic rings. The van der Waals surface area contributed by atoms with Crippen LogP contribution in [0.3, 0.4) is 0 Å². The van der Waals surface area contributed by atoms with Crippen LogP contribution < -0.4 is 5.32 Å². The molecular weight excluding hydrogens is 176 g/mol. The number of hydrogen-bond acceptors (Lipinski definition) is 2. The monoisotopic (exact) mass is 200 g/mol. The van der Waals surface area contributed by atoms with Gasteiger partial charge in [0.1, 0.15) is 0 Å². The first-order valence-electron chi connectivity index (χ1n) is 4.88. The Morgan fingerprint density at radius 3 is 1.86 bits per heavy atom. The van der Waals surface area contributed by atoms with E-state index in [4.69, 9.17) is 0 Å². The summed E-state index contributed by atoms with van der Waals surface area (Å²) in [6, 6.07) is 0. The molecule has 4 heteroatoms. The molecule has 0 rings (SSSR count). The Balaban J connectivity index is 4.46. The fourth-order valence-corrected chi connectivity index (χ4v) is 1.03. The van der Waals surface area contributed by atoms with E-state index in [1.54, 1.807) is 0 Å². The SMILES string of the molecule is CNC(C)(C)CN=C(N(C)C)N(C)C. The van der Waals surface area contributed by atoms with Crippen molar-refractivity contribution < 1.29 is 0 Å². The van der Waals surface area contributed by atoms with Gasteiger partial charge in [-0.2, -0.15) is 0 Å². The van der Waals surface area contributed by atoms with E-state index in [1.165, 1.54) is 0 Å². The van der Waals surface area contributed by atoms with Crippen molar-refractivity contribution in [2.75, 3.05) is 41.8 Å². The van der Waals surface area contributed by atoms with Crippen molar-refractivity contribution in [1.29, 1.82) is 0 Å². The van der Waals surface area contributed by atoms with Crippen LogP contribution in [0.15, 0.2) is 4.99 Å². The molecule has 0 spiro atoms. The van der Waals surface area contributed by atoms with Crippen LogP contribution in [0.5, 0.6) is 0 Å². The molecule has 0 bridgehead atoms. The molecule has 4 nitrogen and oxygen atoms in total. The van der Waals surface area contributed by atoms with Crippen molar-refractivity contribution in [2.45, 2.75) is 19.4 Å². The molecule has 0 saturated heterocycles. The van der Waals surface area contributed by atoms with E-state index in [0.717, 1.165) is 12.5 Å². The Morgan fingerprint density at radius 1 is 1.14 bits per heavy atom. The van der Waals surface area contributed by atoms with E-state index >= 15 is 0 Å². The van der Waals surface area contributed by atoms with Gasteiger partial charge in [-0.25, -0.2) is 0 Å². The Labute approximate surface area is 88.0 Å². The molecule has 0 aliphatic carbocycles. The lowest BCUT2D eigenvalue weighted by molar-refractivity contribution is 0.421. The summed E-state index contributed by atoms with van der Waals surface area (Å²) in [6.07, 6.45) is 0. The summed E-state index contributed by atoms with van der Waals surface area (Å²) >= 11 is 0. The number of hydrogen-bond donors (Lipinski definition) is 1. The fourth-order valence-electron chi connectivity index (χ4n) is 1.03. The first-order valence-corrected chi connectivity index (χ1v) is 4.88. The summed E-state index contributed by atoms with van der Waals surface area (Å²) < 4.78 is 0. The Hall–Kier alpha value is -0.770. The van der Waals surface area contributed by atoms with Crippen LogP contribution in [0.4, 0.5) is 0 Å². The largest absolute Gasteiger partial charge is 0.349 e. The minimum Gasteiger partial charge on any atom is -0.349 e. The van der Waals surface area contributed by atoms with Gasteiger partial charge in [0.05, 0.1) is 6.54 Å². The molecule has 0 unspecified atom stereocenters. The van der Waals surface area contributed by atoms with E-state index in [9.17, 15) is 0 Å². The lowest BCUT2D eigenvalue weighted by Crippen LogP contribution is -2.42. The van der Waals surface area contributed by atoms with Crippen molar-refractivity contribution in [3.05, 3.63) is 0 Å². The quantitative estimate of drug-likeness (QED) is 0.530.